The Kier molecular flexibility index (Phi) is 5.43. The van der Waals surface area contributed by atoms with Gasteiger partial charge in [-0.2, -0.15) is 0 Å². The monoisotopic (exact) mass is 248 g/mol. The van der Waals surface area contributed by atoms with Gasteiger partial charge in [0.25, 0.3) is 0 Å². The molecule has 1 rings (SSSR count). The molecule has 0 unspecified atom stereocenters. The van der Waals surface area contributed by atoms with Gasteiger partial charge in [0, 0.05) is 0 Å². The normalized spacial score (nSPS) is 10.2. The zero-order valence-electron chi connectivity index (χ0n) is 11.2. The SMILES string of the molecule is C=C(COc1cccc(C(C)C)c1)C(=O)OCC. The van der Waals surface area contributed by atoms with Crippen molar-refractivity contribution in [3.05, 3.63) is 42.0 Å². The van der Waals surface area contributed by atoms with Crippen LogP contribution in [0.1, 0.15) is 32.3 Å². The Morgan fingerprint density at radius 3 is 2.72 bits per heavy atom. The molecular weight excluding hydrogens is 228 g/mol. The molecule has 1 aromatic rings. The van der Waals surface area contributed by atoms with E-state index in [4.69, 9.17) is 9.47 Å². The van der Waals surface area contributed by atoms with Crippen molar-refractivity contribution in [2.24, 2.45) is 0 Å². The van der Waals surface area contributed by atoms with Gasteiger partial charge >= 0.3 is 5.97 Å². The van der Waals surface area contributed by atoms with E-state index in [-0.39, 0.29) is 6.61 Å². The average Bonchev–Trinajstić information content (AvgIpc) is 2.36. The molecule has 0 saturated heterocycles. The van der Waals surface area contributed by atoms with Crippen LogP contribution in [0.4, 0.5) is 0 Å². The summed E-state index contributed by atoms with van der Waals surface area (Å²) in [7, 11) is 0. The first-order valence-electron chi connectivity index (χ1n) is 6.12. The first-order chi connectivity index (χ1) is 8.54. The lowest BCUT2D eigenvalue weighted by Crippen LogP contribution is -2.13. The van der Waals surface area contributed by atoms with Crippen LogP contribution in [0.3, 0.4) is 0 Å². The predicted octanol–water partition coefficient (Wildman–Crippen LogP) is 3.31. The molecule has 98 valence electrons. The lowest BCUT2D eigenvalue weighted by atomic mass is 10.0. The second-order valence-electron chi connectivity index (χ2n) is 4.34. The Morgan fingerprint density at radius 1 is 1.39 bits per heavy atom. The summed E-state index contributed by atoms with van der Waals surface area (Å²) in [6, 6.07) is 7.84. The van der Waals surface area contributed by atoms with Crippen LogP contribution in [0.5, 0.6) is 5.75 Å². The zero-order valence-corrected chi connectivity index (χ0v) is 11.2. The zero-order chi connectivity index (χ0) is 13.5. The minimum absolute atomic E-state index is 0.153. The van der Waals surface area contributed by atoms with Gasteiger partial charge in [0.05, 0.1) is 12.2 Å². The molecular formula is C15H20O3. The molecule has 0 aliphatic heterocycles. The Morgan fingerprint density at radius 2 is 2.11 bits per heavy atom. The van der Waals surface area contributed by atoms with Gasteiger partial charge in [-0.1, -0.05) is 32.6 Å². The van der Waals surface area contributed by atoms with Gasteiger partial charge in [-0.05, 0) is 30.5 Å². The number of hydrogen-bond donors (Lipinski definition) is 0. The summed E-state index contributed by atoms with van der Waals surface area (Å²) in [4.78, 5) is 11.3. The maximum Gasteiger partial charge on any atom is 0.336 e. The van der Waals surface area contributed by atoms with Crippen LogP contribution >= 0.6 is 0 Å². The van der Waals surface area contributed by atoms with E-state index in [1.807, 2.05) is 18.2 Å². The largest absolute Gasteiger partial charge is 0.489 e. The van der Waals surface area contributed by atoms with E-state index in [2.05, 4.69) is 26.5 Å². The first kappa shape index (κ1) is 14.3. The molecule has 1 aromatic carbocycles. The van der Waals surface area contributed by atoms with Crippen molar-refractivity contribution in [2.45, 2.75) is 26.7 Å². The number of ether oxygens (including phenoxy) is 2. The molecule has 0 radical (unpaired) electrons. The standard InChI is InChI=1S/C15H20O3/c1-5-17-15(16)12(4)10-18-14-8-6-7-13(9-14)11(2)3/h6-9,11H,4-5,10H2,1-3H3. The third-order valence-electron chi connectivity index (χ3n) is 2.50. The quantitative estimate of drug-likeness (QED) is 0.572. The fourth-order valence-corrected chi connectivity index (χ4v) is 1.43. The second-order valence-corrected chi connectivity index (χ2v) is 4.34. The minimum atomic E-state index is -0.405. The lowest BCUT2D eigenvalue weighted by Gasteiger charge is -2.10. The van der Waals surface area contributed by atoms with Crippen molar-refractivity contribution >= 4 is 5.97 Å². The summed E-state index contributed by atoms with van der Waals surface area (Å²) in [5, 5.41) is 0. The highest BCUT2D eigenvalue weighted by molar-refractivity contribution is 5.88. The van der Waals surface area contributed by atoms with Crippen molar-refractivity contribution in [3.63, 3.8) is 0 Å². The van der Waals surface area contributed by atoms with Gasteiger partial charge < -0.3 is 9.47 Å². The fraction of sp³-hybridized carbons (Fsp3) is 0.400. The van der Waals surface area contributed by atoms with Crippen LogP contribution in [0.2, 0.25) is 0 Å². The number of rotatable bonds is 6. The van der Waals surface area contributed by atoms with E-state index < -0.39 is 5.97 Å². The molecule has 0 heterocycles. The summed E-state index contributed by atoms with van der Waals surface area (Å²) < 4.78 is 10.4. The molecule has 0 aromatic heterocycles. The first-order valence-corrected chi connectivity index (χ1v) is 6.12. The van der Waals surface area contributed by atoms with Crippen LogP contribution < -0.4 is 4.74 Å². The van der Waals surface area contributed by atoms with Crippen molar-refractivity contribution in [1.29, 1.82) is 0 Å². The third kappa shape index (κ3) is 4.24. The van der Waals surface area contributed by atoms with E-state index in [0.717, 1.165) is 5.75 Å². The van der Waals surface area contributed by atoms with E-state index in [0.29, 0.717) is 18.1 Å². The molecule has 0 N–H and O–H groups in total. The summed E-state index contributed by atoms with van der Waals surface area (Å²) >= 11 is 0. The van der Waals surface area contributed by atoms with Crippen molar-refractivity contribution in [1.82, 2.24) is 0 Å². The van der Waals surface area contributed by atoms with Crippen LogP contribution in [0.15, 0.2) is 36.4 Å². The molecule has 0 amide bonds. The van der Waals surface area contributed by atoms with Gasteiger partial charge in [0.2, 0.25) is 0 Å². The van der Waals surface area contributed by atoms with Gasteiger partial charge in [0.1, 0.15) is 12.4 Å². The summed E-state index contributed by atoms with van der Waals surface area (Å²) in [5.41, 5.74) is 1.53. The minimum Gasteiger partial charge on any atom is -0.489 e. The maximum absolute atomic E-state index is 11.3. The van der Waals surface area contributed by atoms with Gasteiger partial charge in [0.15, 0.2) is 0 Å². The van der Waals surface area contributed by atoms with Gasteiger partial charge in [-0.25, -0.2) is 4.79 Å². The van der Waals surface area contributed by atoms with E-state index in [9.17, 15) is 4.79 Å². The number of carbonyl (C=O) groups excluding carboxylic acids is 1. The Hall–Kier alpha value is -1.77. The van der Waals surface area contributed by atoms with Crippen molar-refractivity contribution in [3.8, 4) is 5.75 Å². The van der Waals surface area contributed by atoms with Crippen LogP contribution in [0, 0.1) is 0 Å². The number of benzene rings is 1. The summed E-state index contributed by atoms with van der Waals surface area (Å²) in [5.74, 6) is 0.783. The fourth-order valence-electron chi connectivity index (χ4n) is 1.43. The Labute approximate surface area is 108 Å². The second kappa shape index (κ2) is 6.84. The number of esters is 1. The van der Waals surface area contributed by atoms with E-state index >= 15 is 0 Å². The lowest BCUT2D eigenvalue weighted by molar-refractivity contribution is -0.138. The summed E-state index contributed by atoms with van der Waals surface area (Å²) in [6.45, 7) is 10.2. The van der Waals surface area contributed by atoms with Crippen LogP contribution in [-0.2, 0) is 9.53 Å². The topological polar surface area (TPSA) is 35.5 Å². The Bertz CT molecular complexity index is 422. The molecule has 3 heteroatoms. The summed E-state index contributed by atoms with van der Waals surface area (Å²) in [6.07, 6.45) is 0. The molecule has 0 saturated carbocycles. The van der Waals surface area contributed by atoms with Crippen LogP contribution in [0.25, 0.3) is 0 Å². The number of carbonyl (C=O) groups is 1. The maximum atomic E-state index is 11.3. The molecule has 0 fully saturated rings. The molecule has 0 atom stereocenters. The molecule has 18 heavy (non-hydrogen) atoms. The molecule has 0 aliphatic carbocycles. The highest BCUT2D eigenvalue weighted by atomic mass is 16.5. The van der Waals surface area contributed by atoms with Gasteiger partial charge in [-0.15, -0.1) is 0 Å². The third-order valence-corrected chi connectivity index (χ3v) is 2.50. The highest BCUT2D eigenvalue weighted by Gasteiger charge is 2.08. The average molecular weight is 248 g/mol. The molecule has 0 spiro atoms. The van der Waals surface area contributed by atoms with Crippen LogP contribution in [-0.4, -0.2) is 19.2 Å². The molecule has 0 aliphatic rings. The van der Waals surface area contributed by atoms with Gasteiger partial charge in [-0.3, -0.25) is 0 Å². The van der Waals surface area contributed by atoms with Crippen molar-refractivity contribution in [2.75, 3.05) is 13.2 Å². The molecule has 3 nitrogen and oxygen atoms in total. The van der Waals surface area contributed by atoms with E-state index in [1.54, 1.807) is 6.92 Å². The highest BCUT2D eigenvalue weighted by Crippen LogP contribution is 2.20. The predicted molar refractivity (Wildman–Crippen MR) is 71.8 cm³/mol. The number of hydrogen-bond acceptors (Lipinski definition) is 3. The Balaban J connectivity index is 2.56. The smallest absolute Gasteiger partial charge is 0.336 e. The van der Waals surface area contributed by atoms with Crippen molar-refractivity contribution < 1.29 is 14.3 Å². The van der Waals surface area contributed by atoms with E-state index in [1.165, 1.54) is 5.56 Å². The molecule has 0 bridgehead atoms.